The lowest BCUT2D eigenvalue weighted by Gasteiger charge is -2.14. The SMILES string of the molecule is Cc1ccccc1-n1ncc(C(=O)Nc2cc(Cl)c(N)c(Cl)c2)c1C(F)(F)F. The summed E-state index contributed by atoms with van der Waals surface area (Å²) in [6, 6.07) is 8.99. The van der Waals surface area contributed by atoms with Gasteiger partial charge in [0, 0.05) is 5.69 Å². The summed E-state index contributed by atoms with van der Waals surface area (Å²) in [6.07, 6.45) is -3.95. The van der Waals surface area contributed by atoms with Crippen molar-refractivity contribution in [2.45, 2.75) is 13.1 Å². The van der Waals surface area contributed by atoms with E-state index in [1.165, 1.54) is 18.2 Å². The van der Waals surface area contributed by atoms with Gasteiger partial charge in [0.15, 0.2) is 5.69 Å². The molecule has 0 saturated carbocycles. The van der Waals surface area contributed by atoms with Gasteiger partial charge in [0.2, 0.25) is 0 Å². The number of nitrogen functional groups attached to an aromatic ring is 1. The molecule has 1 aromatic heterocycles. The van der Waals surface area contributed by atoms with Gasteiger partial charge in [0.25, 0.3) is 5.91 Å². The first-order chi connectivity index (χ1) is 13.1. The van der Waals surface area contributed by atoms with Crippen molar-refractivity contribution in [3.05, 3.63) is 69.5 Å². The lowest BCUT2D eigenvalue weighted by Crippen LogP contribution is -2.21. The number of carbonyl (C=O) groups excluding carboxylic acids is 1. The van der Waals surface area contributed by atoms with Crippen LogP contribution in [0.4, 0.5) is 24.5 Å². The Balaban J connectivity index is 2.05. The number of halogens is 5. The van der Waals surface area contributed by atoms with Gasteiger partial charge in [-0.15, -0.1) is 0 Å². The number of aryl methyl sites for hydroxylation is 1. The van der Waals surface area contributed by atoms with Crippen LogP contribution in [0.2, 0.25) is 10.0 Å². The van der Waals surface area contributed by atoms with E-state index in [2.05, 4.69) is 10.4 Å². The molecule has 1 heterocycles. The number of aromatic nitrogens is 2. The minimum absolute atomic E-state index is 0.0643. The van der Waals surface area contributed by atoms with Crippen LogP contribution in [0.3, 0.4) is 0 Å². The smallest absolute Gasteiger partial charge is 0.396 e. The third-order valence-electron chi connectivity index (χ3n) is 3.96. The Morgan fingerprint density at radius 3 is 2.36 bits per heavy atom. The predicted molar refractivity (Wildman–Crippen MR) is 102 cm³/mol. The van der Waals surface area contributed by atoms with Crippen molar-refractivity contribution in [1.29, 1.82) is 0 Å². The minimum atomic E-state index is -4.82. The maximum atomic E-state index is 13.7. The monoisotopic (exact) mass is 428 g/mol. The Morgan fingerprint density at radius 2 is 1.79 bits per heavy atom. The topological polar surface area (TPSA) is 72.9 Å². The Bertz CT molecular complexity index is 1040. The zero-order chi connectivity index (χ0) is 20.6. The molecule has 0 unspecified atom stereocenters. The fraction of sp³-hybridized carbons (Fsp3) is 0.111. The number of hydrogen-bond donors (Lipinski definition) is 2. The van der Waals surface area contributed by atoms with Crippen molar-refractivity contribution >= 4 is 40.5 Å². The molecule has 146 valence electrons. The number of hydrogen-bond acceptors (Lipinski definition) is 3. The molecule has 3 aromatic rings. The van der Waals surface area contributed by atoms with E-state index in [1.807, 2.05) is 0 Å². The van der Waals surface area contributed by atoms with E-state index in [9.17, 15) is 18.0 Å². The largest absolute Gasteiger partial charge is 0.434 e. The molecule has 0 bridgehead atoms. The fourth-order valence-corrected chi connectivity index (χ4v) is 3.11. The van der Waals surface area contributed by atoms with Crippen molar-refractivity contribution in [1.82, 2.24) is 9.78 Å². The highest BCUT2D eigenvalue weighted by Crippen LogP contribution is 2.35. The Morgan fingerprint density at radius 1 is 1.18 bits per heavy atom. The second kappa shape index (κ2) is 7.37. The molecule has 1 amide bonds. The number of amides is 1. The molecule has 3 rings (SSSR count). The van der Waals surface area contributed by atoms with Gasteiger partial charge in [0.1, 0.15) is 0 Å². The van der Waals surface area contributed by atoms with Crippen LogP contribution in [-0.2, 0) is 6.18 Å². The van der Waals surface area contributed by atoms with E-state index in [4.69, 9.17) is 28.9 Å². The fourth-order valence-electron chi connectivity index (χ4n) is 2.63. The first-order valence-electron chi connectivity index (χ1n) is 7.86. The van der Waals surface area contributed by atoms with Crippen molar-refractivity contribution in [3.63, 3.8) is 0 Å². The molecular weight excluding hydrogens is 416 g/mol. The van der Waals surface area contributed by atoms with E-state index in [1.54, 1.807) is 25.1 Å². The van der Waals surface area contributed by atoms with E-state index in [0.29, 0.717) is 10.2 Å². The van der Waals surface area contributed by atoms with Gasteiger partial charge in [-0.3, -0.25) is 4.79 Å². The molecule has 2 aromatic carbocycles. The number of carbonyl (C=O) groups is 1. The maximum absolute atomic E-state index is 13.7. The van der Waals surface area contributed by atoms with Crippen LogP contribution in [0.1, 0.15) is 21.6 Å². The van der Waals surface area contributed by atoms with Gasteiger partial charge in [-0.25, -0.2) is 4.68 Å². The number of rotatable bonds is 3. The Hall–Kier alpha value is -2.71. The van der Waals surface area contributed by atoms with Crippen molar-refractivity contribution < 1.29 is 18.0 Å². The van der Waals surface area contributed by atoms with Crippen LogP contribution in [-0.4, -0.2) is 15.7 Å². The molecule has 10 heteroatoms. The summed E-state index contributed by atoms with van der Waals surface area (Å²) in [5.74, 6) is -1.01. The summed E-state index contributed by atoms with van der Waals surface area (Å²) in [6.45, 7) is 1.65. The average molecular weight is 429 g/mol. The third kappa shape index (κ3) is 3.79. The van der Waals surface area contributed by atoms with Crippen LogP contribution in [0.25, 0.3) is 5.69 Å². The summed E-state index contributed by atoms with van der Waals surface area (Å²) < 4.78 is 41.9. The highest BCUT2D eigenvalue weighted by atomic mass is 35.5. The number of nitrogens with two attached hydrogens (primary N) is 1. The molecule has 28 heavy (non-hydrogen) atoms. The van der Waals surface area contributed by atoms with Crippen molar-refractivity contribution in [2.24, 2.45) is 0 Å². The third-order valence-corrected chi connectivity index (χ3v) is 4.59. The molecule has 0 atom stereocenters. The maximum Gasteiger partial charge on any atom is 0.434 e. The normalized spacial score (nSPS) is 11.5. The van der Waals surface area contributed by atoms with Gasteiger partial charge >= 0.3 is 6.18 Å². The van der Waals surface area contributed by atoms with Gasteiger partial charge in [0.05, 0.1) is 33.2 Å². The second-order valence-corrected chi connectivity index (χ2v) is 6.72. The molecule has 0 aliphatic carbocycles. The molecule has 5 nitrogen and oxygen atoms in total. The molecule has 0 spiro atoms. The van der Waals surface area contributed by atoms with E-state index >= 15 is 0 Å². The number of benzene rings is 2. The standard InChI is InChI=1S/C18H13Cl2F3N4O/c1-9-4-2-3-5-14(9)27-16(18(21,22)23)11(8-25-27)17(28)26-10-6-12(19)15(24)13(20)7-10/h2-8H,24H2,1H3,(H,26,28). The molecule has 0 aliphatic rings. The number of para-hydroxylation sites is 1. The minimum Gasteiger partial charge on any atom is -0.396 e. The Labute approximate surface area is 167 Å². The van der Waals surface area contributed by atoms with Crippen LogP contribution in [0, 0.1) is 6.92 Å². The van der Waals surface area contributed by atoms with Gasteiger partial charge in [-0.1, -0.05) is 41.4 Å². The first kappa shape index (κ1) is 20.0. The lowest BCUT2D eigenvalue weighted by atomic mass is 10.1. The Kier molecular flexibility index (Phi) is 5.27. The van der Waals surface area contributed by atoms with Crippen LogP contribution < -0.4 is 11.1 Å². The quantitative estimate of drug-likeness (QED) is 0.552. The van der Waals surface area contributed by atoms with Crippen LogP contribution >= 0.6 is 23.2 Å². The number of nitrogens with zero attached hydrogens (tertiary/aromatic N) is 2. The van der Waals surface area contributed by atoms with Crippen molar-refractivity contribution in [2.75, 3.05) is 11.1 Å². The summed E-state index contributed by atoms with van der Waals surface area (Å²) in [7, 11) is 0. The van der Waals surface area contributed by atoms with Crippen LogP contribution in [0.5, 0.6) is 0 Å². The molecule has 0 radical (unpaired) electrons. The summed E-state index contributed by atoms with van der Waals surface area (Å²) >= 11 is 11.8. The van der Waals surface area contributed by atoms with E-state index < -0.39 is 23.3 Å². The summed E-state index contributed by atoms with van der Waals surface area (Å²) in [4.78, 5) is 12.5. The average Bonchev–Trinajstić information content (AvgIpc) is 3.05. The molecule has 0 saturated heterocycles. The highest BCUT2D eigenvalue weighted by molar-refractivity contribution is 6.39. The van der Waals surface area contributed by atoms with E-state index in [-0.39, 0.29) is 27.1 Å². The summed E-state index contributed by atoms with van der Waals surface area (Å²) in [5, 5.41) is 6.26. The second-order valence-electron chi connectivity index (χ2n) is 5.91. The number of anilines is 2. The van der Waals surface area contributed by atoms with Crippen molar-refractivity contribution in [3.8, 4) is 5.69 Å². The zero-order valence-corrected chi connectivity index (χ0v) is 15.8. The van der Waals surface area contributed by atoms with E-state index in [0.717, 1.165) is 6.20 Å². The van der Waals surface area contributed by atoms with Gasteiger partial charge in [-0.2, -0.15) is 18.3 Å². The predicted octanol–water partition coefficient (Wildman–Crippen LogP) is 5.34. The molecule has 0 fully saturated rings. The van der Waals surface area contributed by atoms with Gasteiger partial charge < -0.3 is 11.1 Å². The molecule has 3 N–H and O–H groups in total. The number of alkyl halides is 3. The highest BCUT2D eigenvalue weighted by Gasteiger charge is 2.40. The zero-order valence-electron chi connectivity index (χ0n) is 14.3. The van der Waals surface area contributed by atoms with Crippen LogP contribution in [0.15, 0.2) is 42.6 Å². The van der Waals surface area contributed by atoms with Gasteiger partial charge in [-0.05, 0) is 30.7 Å². The molecule has 0 aliphatic heterocycles. The number of nitrogens with one attached hydrogen (secondary N) is 1. The lowest BCUT2D eigenvalue weighted by molar-refractivity contribution is -0.143. The summed E-state index contributed by atoms with van der Waals surface area (Å²) in [5.41, 5.74) is 4.78. The first-order valence-corrected chi connectivity index (χ1v) is 8.62. The molecular formula is C18H13Cl2F3N4O.